The first kappa shape index (κ1) is 9.62. The van der Waals surface area contributed by atoms with E-state index in [4.69, 9.17) is 0 Å². The maximum atomic E-state index is 12.2. The second-order valence-electron chi connectivity index (χ2n) is 6.11. The lowest BCUT2D eigenvalue weighted by Gasteiger charge is -2.56. The normalized spacial score (nSPS) is 46.8. The first-order valence-corrected chi connectivity index (χ1v) is 6.36. The van der Waals surface area contributed by atoms with Crippen LogP contribution in [0.4, 0.5) is 0 Å². The van der Waals surface area contributed by atoms with Gasteiger partial charge in [0.15, 0.2) is 0 Å². The fourth-order valence-corrected chi connectivity index (χ4v) is 4.80. The topological polar surface area (TPSA) is 17.1 Å². The summed E-state index contributed by atoms with van der Waals surface area (Å²) in [4.78, 5) is 12.2. The Bertz CT molecular complexity index is 267. The van der Waals surface area contributed by atoms with E-state index >= 15 is 0 Å². The lowest BCUT2D eigenvalue weighted by atomic mass is 9.48. The molecule has 0 N–H and O–H groups in total. The van der Waals surface area contributed by atoms with E-state index in [0.29, 0.717) is 12.2 Å². The van der Waals surface area contributed by atoms with Crippen molar-refractivity contribution in [3.63, 3.8) is 0 Å². The van der Waals surface area contributed by atoms with Crippen LogP contribution in [0.3, 0.4) is 0 Å². The van der Waals surface area contributed by atoms with E-state index in [1.165, 1.54) is 38.5 Å². The molecule has 0 aromatic heterocycles. The number of hydrogen-bond acceptors (Lipinski definition) is 1. The summed E-state index contributed by atoms with van der Waals surface area (Å²) in [5.74, 6) is 3.14. The van der Waals surface area contributed by atoms with Gasteiger partial charge in [-0.1, -0.05) is 6.08 Å². The molecule has 0 aromatic rings. The highest BCUT2D eigenvalue weighted by atomic mass is 16.1. The Balaban J connectivity index is 1.86. The van der Waals surface area contributed by atoms with Gasteiger partial charge in [-0.25, -0.2) is 0 Å². The van der Waals surface area contributed by atoms with Gasteiger partial charge in [0.05, 0.1) is 0 Å². The molecule has 0 radical (unpaired) electrons. The van der Waals surface area contributed by atoms with Crippen molar-refractivity contribution in [3.05, 3.63) is 12.7 Å². The third kappa shape index (κ3) is 1.39. The second kappa shape index (κ2) is 3.20. The van der Waals surface area contributed by atoms with E-state index in [-0.39, 0.29) is 5.41 Å². The molecule has 0 heterocycles. The van der Waals surface area contributed by atoms with Gasteiger partial charge in [-0.05, 0) is 56.3 Å². The van der Waals surface area contributed by atoms with Crippen molar-refractivity contribution in [2.45, 2.75) is 44.9 Å². The quantitative estimate of drug-likeness (QED) is 0.644. The number of rotatable bonds is 3. The Hall–Kier alpha value is -0.590. The first-order chi connectivity index (χ1) is 7.22. The molecular weight excluding hydrogens is 184 g/mol. The average Bonchev–Trinajstić information content (AvgIpc) is 2.15. The molecule has 82 valence electrons. The van der Waals surface area contributed by atoms with Crippen LogP contribution in [0.15, 0.2) is 12.7 Å². The van der Waals surface area contributed by atoms with Crippen LogP contribution >= 0.6 is 0 Å². The zero-order chi connectivity index (χ0) is 10.5. The number of carbonyl (C=O) groups is 1. The predicted molar refractivity (Wildman–Crippen MR) is 60.4 cm³/mol. The lowest BCUT2D eigenvalue weighted by molar-refractivity contribution is -0.142. The van der Waals surface area contributed by atoms with Gasteiger partial charge in [-0.3, -0.25) is 4.79 Å². The van der Waals surface area contributed by atoms with Gasteiger partial charge in [0.1, 0.15) is 5.78 Å². The van der Waals surface area contributed by atoms with Gasteiger partial charge in [0.25, 0.3) is 0 Å². The summed E-state index contributed by atoms with van der Waals surface area (Å²) >= 11 is 0. The van der Waals surface area contributed by atoms with E-state index in [1.54, 1.807) is 6.08 Å². The maximum absolute atomic E-state index is 12.2. The summed E-state index contributed by atoms with van der Waals surface area (Å²) in [7, 11) is 0. The summed E-state index contributed by atoms with van der Waals surface area (Å²) in [6, 6.07) is 0. The zero-order valence-electron chi connectivity index (χ0n) is 9.37. The highest BCUT2D eigenvalue weighted by Gasteiger charge is 2.53. The molecule has 4 aliphatic rings. The third-order valence-electron chi connectivity index (χ3n) is 4.96. The second-order valence-corrected chi connectivity index (χ2v) is 6.11. The summed E-state index contributed by atoms with van der Waals surface area (Å²) in [6.45, 7) is 3.71. The molecule has 15 heavy (non-hydrogen) atoms. The van der Waals surface area contributed by atoms with E-state index in [9.17, 15) is 4.79 Å². The van der Waals surface area contributed by atoms with Crippen molar-refractivity contribution in [3.8, 4) is 0 Å². The minimum absolute atomic E-state index is 0.100. The molecule has 4 saturated carbocycles. The molecule has 0 unspecified atom stereocenters. The molecule has 0 atom stereocenters. The third-order valence-corrected chi connectivity index (χ3v) is 4.96. The molecule has 4 rings (SSSR count). The summed E-state index contributed by atoms with van der Waals surface area (Å²) in [6.07, 6.45) is 10.2. The molecule has 1 nitrogen and oxygen atoms in total. The molecule has 4 bridgehead atoms. The molecular formula is C14H20O. The van der Waals surface area contributed by atoms with E-state index in [0.717, 1.165) is 17.8 Å². The van der Waals surface area contributed by atoms with Crippen molar-refractivity contribution in [1.82, 2.24) is 0 Å². The van der Waals surface area contributed by atoms with Gasteiger partial charge < -0.3 is 0 Å². The maximum Gasteiger partial charge on any atom is 0.142 e. The Labute approximate surface area is 91.9 Å². The zero-order valence-corrected chi connectivity index (χ0v) is 9.37. The highest BCUT2D eigenvalue weighted by Crippen LogP contribution is 2.60. The Morgan fingerprint density at radius 2 is 1.60 bits per heavy atom. The monoisotopic (exact) mass is 204 g/mol. The Morgan fingerprint density at radius 1 is 1.13 bits per heavy atom. The number of ketones is 1. The average molecular weight is 204 g/mol. The van der Waals surface area contributed by atoms with Crippen LogP contribution in [0.2, 0.25) is 0 Å². The molecule has 4 fully saturated rings. The van der Waals surface area contributed by atoms with Crippen LogP contribution in [0.5, 0.6) is 0 Å². The van der Waals surface area contributed by atoms with Crippen molar-refractivity contribution in [2.24, 2.45) is 23.2 Å². The number of carbonyl (C=O) groups excluding carboxylic acids is 1. The largest absolute Gasteiger partial charge is 0.299 e. The predicted octanol–water partition coefficient (Wildman–Crippen LogP) is 3.35. The number of allylic oxidation sites excluding steroid dienone is 1. The molecule has 0 saturated heterocycles. The first-order valence-electron chi connectivity index (χ1n) is 6.36. The van der Waals surface area contributed by atoms with Gasteiger partial charge in [0.2, 0.25) is 0 Å². The Morgan fingerprint density at radius 3 is 2.00 bits per heavy atom. The van der Waals surface area contributed by atoms with Gasteiger partial charge >= 0.3 is 0 Å². The van der Waals surface area contributed by atoms with Crippen molar-refractivity contribution < 1.29 is 4.79 Å². The van der Waals surface area contributed by atoms with Gasteiger partial charge in [-0.15, -0.1) is 6.58 Å². The van der Waals surface area contributed by atoms with Crippen LogP contribution in [0.1, 0.15) is 44.9 Å². The minimum atomic E-state index is 0.100. The molecule has 0 spiro atoms. The van der Waals surface area contributed by atoms with Crippen LogP contribution in [-0.4, -0.2) is 5.78 Å². The SMILES string of the molecule is C=CCC(=O)C12CC3CC(CC(C3)C1)C2. The summed E-state index contributed by atoms with van der Waals surface area (Å²) in [5.41, 5.74) is 0.100. The summed E-state index contributed by atoms with van der Waals surface area (Å²) in [5, 5.41) is 0. The van der Waals surface area contributed by atoms with Gasteiger partial charge in [0, 0.05) is 11.8 Å². The van der Waals surface area contributed by atoms with Gasteiger partial charge in [-0.2, -0.15) is 0 Å². The van der Waals surface area contributed by atoms with Crippen LogP contribution in [0.25, 0.3) is 0 Å². The standard InChI is InChI=1S/C14H20O/c1-2-3-13(15)14-7-10-4-11(8-14)6-12(5-10)9-14/h2,10-12H,1,3-9H2. The van der Waals surface area contributed by atoms with Crippen LogP contribution < -0.4 is 0 Å². The summed E-state index contributed by atoms with van der Waals surface area (Å²) < 4.78 is 0. The number of hydrogen-bond donors (Lipinski definition) is 0. The van der Waals surface area contributed by atoms with Crippen molar-refractivity contribution in [1.29, 1.82) is 0 Å². The molecule has 0 amide bonds. The molecule has 1 heteroatoms. The minimum Gasteiger partial charge on any atom is -0.299 e. The Kier molecular flexibility index (Phi) is 2.05. The van der Waals surface area contributed by atoms with E-state index < -0.39 is 0 Å². The molecule has 0 aliphatic heterocycles. The van der Waals surface area contributed by atoms with Crippen LogP contribution in [-0.2, 0) is 4.79 Å². The fourth-order valence-electron chi connectivity index (χ4n) is 4.80. The molecule has 4 aliphatic carbocycles. The van der Waals surface area contributed by atoms with E-state index in [2.05, 4.69) is 6.58 Å². The molecule has 0 aromatic carbocycles. The van der Waals surface area contributed by atoms with E-state index in [1.807, 2.05) is 0 Å². The van der Waals surface area contributed by atoms with Crippen molar-refractivity contribution in [2.75, 3.05) is 0 Å². The fraction of sp³-hybridized carbons (Fsp3) is 0.786. The van der Waals surface area contributed by atoms with Crippen molar-refractivity contribution >= 4 is 5.78 Å². The number of Topliss-reactive ketones (excluding diaryl/α,β-unsaturated/α-hetero) is 1. The smallest absolute Gasteiger partial charge is 0.142 e. The lowest BCUT2D eigenvalue weighted by Crippen LogP contribution is -2.49. The van der Waals surface area contributed by atoms with Crippen LogP contribution in [0, 0.1) is 23.2 Å². The highest BCUT2D eigenvalue weighted by molar-refractivity contribution is 5.86.